The standard InChI is InChI=1S/C19H25N3OS/c1-3-22(4-2)18(16-8-6-5-7-9-16)14-21-19(23)15-24-17-10-12-20-13-11-17/h5-13,18H,3-4,14-15H2,1-2H3,(H,21,23). The van der Waals surface area contributed by atoms with Crippen molar-refractivity contribution in [1.29, 1.82) is 0 Å². The molecule has 1 unspecified atom stereocenters. The van der Waals surface area contributed by atoms with Crippen LogP contribution in [0.2, 0.25) is 0 Å². The minimum atomic E-state index is 0.0601. The van der Waals surface area contributed by atoms with E-state index in [1.54, 1.807) is 12.4 Å². The second kappa shape index (κ2) is 10.1. The van der Waals surface area contributed by atoms with Gasteiger partial charge in [0.05, 0.1) is 11.8 Å². The van der Waals surface area contributed by atoms with E-state index in [0.29, 0.717) is 12.3 Å². The highest BCUT2D eigenvalue weighted by atomic mass is 32.2. The molecule has 0 aliphatic rings. The van der Waals surface area contributed by atoms with Crippen LogP contribution in [-0.2, 0) is 4.79 Å². The van der Waals surface area contributed by atoms with Gasteiger partial charge in [-0.3, -0.25) is 14.7 Å². The van der Waals surface area contributed by atoms with E-state index < -0.39 is 0 Å². The molecule has 2 aromatic rings. The summed E-state index contributed by atoms with van der Waals surface area (Å²) in [5.74, 6) is 0.481. The van der Waals surface area contributed by atoms with E-state index in [-0.39, 0.29) is 11.9 Å². The lowest BCUT2D eigenvalue weighted by Gasteiger charge is -2.30. The highest BCUT2D eigenvalue weighted by Crippen LogP contribution is 2.20. The van der Waals surface area contributed by atoms with Crippen molar-refractivity contribution in [2.45, 2.75) is 24.8 Å². The van der Waals surface area contributed by atoms with Gasteiger partial charge >= 0.3 is 0 Å². The van der Waals surface area contributed by atoms with Gasteiger partial charge in [-0.1, -0.05) is 44.2 Å². The number of hydrogen-bond donors (Lipinski definition) is 1. The van der Waals surface area contributed by atoms with Gasteiger partial charge in [0, 0.05) is 23.8 Å². The Bertz CT molecular complexity index is 603. The van der Waals surface area contributed by atoms with E-state index in [4.69, 9.17) is 0 Å². The molecule has 1 aromatic carbocycles. The molecule has 0 spiro atoms. The lowest BCUT2D eigenvalue weighted by molar-refractivity contribution is -0.118. The van der Waals surface area contributed by atoms with Crippen molar-refractivity contribution >= 4 is 17.7 Å². The maximum absolute atomic E-state index is 12.2. The van der Waals surface area contributed by atoms with Crippen molar-refractivity contribution in [3.8, 4) is 0 Å². The van der Waals surface area contributed by atoms with Gasteiger partial charge in [-0.05, 0) is 30.8 Å². The maximum atomic E-state index is 12.2. The molecule has 1 N–H and O–H groups in total. The first-order valence-electron chi connectivity index (χ1n) is 8.33. The van der Waals surface area contributed by atoms with Gasteiger partial charge in [-0.15, -0.1) is 11.8 Å². The minimum Gasteiger partial charge on any atom is -0.353 e. The number of hydrogen-bond acceptors (Lipinski definition) is 4. The average molecular weight is 343 g/mol. The molecule has 1 aromatic heterocycles. The summed E-state index contributed by atoms with van der Waals surface area (Å²) in [6, 6.07) is 14.4. The highest BCUT2D eigenvalue weighted by Gasteiger charge is 2.18. The molecule has 0 saturated heterocycles. The van der Waals surface area contributed by atoms with Crippen LogP contribution in [0.4, 0.5) is 0 Å². The monoisotopic (exact) mass is 343 g/mol. The van der Waals surface area contributed by atoms with Crippen LogP contribution >= 0.6 is 11.8 Å². The maximum Gasteiger partial charge on any atom is 0.230 e. The molecule has 1 atom stereocenters. The van der Waals surface area contributed by atoms with Gasteiger partial charge in [-0.25, -0.2) is 0 Å². The number of benzene rings is 1. The molecule has 4 nitrogen and oxygen atoms in total. The number of nitrogens with one attached hydrogen (secondary N) is 1. The fraction of sp³-hybridized carbons (Fsp3) is 0.368. The van der Waals surface area contributed by atoms with Gasteiger partial charge in [0.15, 0.2) is 0 Å². The van der Waals surface area contributed by atoms with Crippen LogP contribution in [0.25, 0.3) is 0 Å². The van der Waals surface area contributed by atoms with Crippen molar-refractivity contribution in [1.82, 2.24) is 15.2 Å². The molecule has 0 aliphatic heterocycles. The topological polar surface area (TPSA) is 45.2 Å². The van der Waals surface area contributed by atoms with E-state index in [2.05, 4.69) is 41.2 Å². The molecule has 0 radical (unpaired) electrons. The summed E-state index contributed by atoms with van der Waals surface area (Å²) in [6.45, 7) is 6.85. The molecule has 2 rings (SSSR count). The second-order valence-corrected chi connectivity index (χ2v) is 6.47. The van der Waals surface area contributed by atoms with Crippen molar-refractivity contribution < 1.29 is 4.79 Å². The van der Waals surface area contributed by atoms with Gasteiger partial charge < -0.3 is 5.32 Å². The van der Waals surface area contributed by atoms with Crippen molar-refractivity contribution in [2.75, 3.05) is 25.4 Å². The number of nitrogens with zero attached hydrogens (tertiary/aromatic N) is 2. The van der Waals surface area contributed by atoms with E-state index >= 15 is 0 Å². The second-order valence-electron chi connectivity index (χ2n) is 5.42. The molecular formula is C19H25N3OS. The smallest absolute Gasteiger partial charge is 0.230 e. The quantitative estimate of drug-likeness (QED) is 0.709. The van der Waals surface area contributed by atoms with Crippen molar-refractivity contribution in [3.05, 3.63) is 60.4 Å². The third-order valence-corrected chi connectivity index (χ3v) is 4.96. The molecule has 0 bridgehead atoms. The summed E-state index contributed by atoms with van der Waals surface area (Å²) in [7, 11) is 0. The Morgan fingerprint density at radius 1 is 1.12 bits per heavy atom. The first-order valence-corrected chi connectivity index (χ1v) is 9.31. The molecule has 0 saturated carbocycles. The number of rotatable bonds is 9. The SMILES string of the molecule is CCN(CC)C(CNC(=O)CSc1ccncc1)c1ccccc1. The number of amides is 1. The van der Waals surface area contributed by atoms with Crippen LogP contribution in [0, 0.1) is 0 Å². The molecule has 24 heavy (non-hydrogen) atoms. The normalized spacial score (nSPS) is 12.1. The largest absolute Gasteiger partial charge is 0.353 e. The van der Waals surface area contributed by atoms with Gasteiger partial charge in [0.1, 0.15) is 0 Å². The summed E-state index contributed by atoms with van der Waals surface area (Å²) in [5, 5.41) is 3.08. The Labute approximate surface area is 148 Å². The van der Waals surface area contributed by atoms with Crippen LogP contribution in [0.1, 0.15) is 25.5 Å². The number of carbonyl (C=O) groups is 1. The first-order chi connectivity index (χ1) is 11.7. The van der Waals surface area contributed by atoms with Gasteiger partial charge in [-0.2, -0.15) is 0 Å². The van der Waals surface area contributed by atoms with Gasteiger partial charge in [0.25, 0.3) is 0 Å². The molecule has 0 aliphatic carbocycles. The van der Waals surface area contributed by atoms with Crippen LogP contribution in [-0.4, -0.2) is 41.2 Å². The molecule has 5 heteroatoms. The average Bonchev–Trinajstić information content (AvgIpc) is 2.65. The summed E-state index contributed by atoms with van der Waals surface area (Å²) in [6.07, 6.45) is 3.48. The summed E-state index contributed by atoms with van der Waals surface area (Å²) < 4.78 is 0. The van der Waals surface area contributed by atoms with Crippen molar-refractivity contribution in [2.24, 2.45) is 0 Å². The third-order valence-electron chi connectivity index (χ3n) is 3.95. The molecule has 1 heterocycles. The Kier molecular flexibility index (Phi) is 7.79. The number of likely N-dealkylation sites (N-methyl/N-ethyl adjacent to an activating group) is 1. The number of aromatic nitrogens is 1. The molecule has 0 fully saturated rings. The number of pyridine rings is 1. The zero-order chi connectivity index (χ0) is 17.2. The van der Waals surface area contributed by atoms with Crippen LogP contribution < -0.4 is 5.32 Å². The minimum absolute atomic E-state index is 0.0601. The van der Waals surface area contributed by atoms with Gasteiger partial charge in [0.2, 0.25) is 5.91 Å². The molecule has 1 amide bonds. The fourth-order valence-corrected chi connectivity index (χ4v) is 3.36. The predicted octanol–water partition coefficient (Wildman–Crippen LogP) is 3.37. The summed E-state index contributed by atoms with van der Waals surface area (Å²) >= 11 is 1.53. The van der Waals surface area contributed by atoms with Crippen LogP contribution in [0.5, 0.6) is 0 Å². The Morgan fingerprint density at radius 2 is 1.79 bits per heavy atom. The Balaban J connectivity index is 1.91. The zero-order valence-corrected chi connectivity index (χ0v) is 15.1. The third kappa shape index (κ3) is 5.65. The van der Waals surface area contributed by atoms with E-state index in [1.807, 2.05) is 30.3 Å². The Hall–Kier alpha value is -1.85. The van der Waals surface area contributed by atoms with Crippen LogP contribution in [0.3, 0.4) is 0 Å². The van der Waals surface area contributed by atoms with Crippen molar-refractivity contribution in [3.63, 3.8) is 0 Å². The highest BCUT2D eigenvalue weighted by molar-refractivity contribution is 8.00. The van der Waals surface area contributed by atoms with E-state index in [0.717, 1.165) is 18.0 Å². The Morgan fingerprint density at radius 3 is 2.42 bits per heavy atom. The molecule has 128 valence electrons. The fourth-order valence-electron chi connectivity index (χ4n) is 2.64. The van der Waals surface area contributed by atoms with E-state index in [9.17, 15) is 4.79 Å². The number of thioether (sulfide) groups is 1. The predicted molar refractivity (Wildman–Crippen MR) is 100 cm³/mol. The first kappa shape index (κ1) is 18.5. The lowest BCUT2D eigenvalue weighted by Crippen LogP contribution is -2.38. The molecular weight excluding hydrogens is 318 g/mol. The van der Waals surface area contributed by atoms with E-state index in [1.165, 1.54) is 17.3 Å². The summed E-state index contributed by atoms with van der Waals surface area (Å²) in [5.41, 5.74) is 1.24. The summed E-state index contributed by atoms with van der Waals surface area (Å²) in [4.78, 5) is 19.6. The lowest BCUT2D eigenvalue weighted by atomic mass is 10.1. The van der Waals surface area contributed by atoms with Crippen LogP contribution in [0.15, 0.2) is 59.8 Å². The zero-order valence-electron chi connectivity index (χ0n) is 14.3. The number of carbonyl (C=O) groups excluding carboxylic acids is 1.